The summed E-state index contributed by atoms with van der Waals surface area (Å²) < 4.78 is 24.4. The van der Waals surface area contributed by atoms with Crippen molar-refractivity contribution in [1.29, 1.82) is 0 Å². The molecule has 116 valence electrons. The number of aromatic carboxylic acids is 1. The lowest BCUT2D eigenvalue weighted by Crippen LogP contribution is -2.11. The van der Waals surface area contributed by atoms with E-state index in [9.17, 15) is 13.2 Å². The van der Waals surface area contributed by atoms with Gasteiger partial charge in [-0.05, 0) is 42.7 Å². The van der Waals surface area contributed by atoms with E-state index in [0.717, 1.165) is 11.7 Å². The van der Waals surface area contributed by atoms with Crippen molar-refractivity contribution in [3.63, 3.8) is 0 Å². The molecule has 2 rings (SSSR count). The van der Waals surface area contributed by atoms with Crippen LogP contribution in [-0.2, 0) is 9.84 Å². The fourth-order valence-corrected chi connectivity index (χ4v) is 5.55. The van der Waals surface area contributed by atoms with E-state index in [1.54, 1.807) is 11.8 Å². The van der Waals surface area contributed by atoms with Crippen molar-refractivity contribution in [1.82, 2.24) is 0 Å². The molecule has 0 spiro atoms. The van der Waals surface area contributed by atoms with Gasteiger partial charge in [-0.2, -0.15) is 11.8 Å². The summed E-state index contributed by atoms with van der Waals surface area (Å²) in [5.41, 5.74) is 0.00897. The van der Waals surface area contributed by atoms with Gasteiger partial charge in [0.2, 0.25) is 0 Å². The monoisotopic (exact) mass is 328 g/mol. The molecule has 0 aliphatic heterocycles. The Hall–Kier alpha value is -1.01. The zero-order valence-electron chi connectivity index (χ0n) is 11.8. The van der Waals surface area contributed by atoms with Crippen LogP contribution in [0.15, 0.2) is 29.2 Å². The summed E-state index contributed by atoms with van der Waals surface area (Å²) in [6.07, 6.45) is 5.12. The van der Waals surface area contributed by atoms with Gasteiger partial charge in [0.25, 0.3) is 0 Å². The van der Waals surface area contributed by atoms with Crippen LogP contribution in [-0.4, -0.2) is 36.8 Å². The van der Waals surface area contributed by atoms with Gasteiger partial charge < -0.3 is 5.11 Å². The Morgan fingerprint density at radius 1 is 1.29 bits per heavy atom. The average Bonchev–Trinajstić information content (AvgIpc) is 2.97. The SMILES string of the molecule is O=C(O)c1cccc(S(=O)(=O)CCSCC2CCCC2)c1. The molecule has 0 amide bonds. The molecule has 6 heteroatoms. The van der Waals surface area contributed by atoms with Crippen molar-refractivity contribution >= 4 is 27.6 Å². The second kappa shape index (κ2) is 7.31. The highest BCUT2D eigenvalue weighted by atomic mass is 32.2. The van der Waals surface area contributed by atoms with E-state index in [2.05, 4.69) is 0 Å². The third-order valence-corrected chi connectivity index (χ3v) is 6.94. The molecular formula is C15H20O4S2. The van der Waals surface area contributed by atoms with E-state index >= 15 is 0 Å². The molecule has 1 aliphatic rings. The molecule has 0 atom stereocenters. The molecule has 0 aromatic heterocycles. The van der Waals surface area contributed by atoms with Crippen molar-refractivity contribution in [3.8, 4) is 0 Å². The van der Waals surface area contributed by atoms with E-state index in [4.69, 9.17) is 5.11 Å². The van der Waals surface area contributed by atoms with Crippen LogP contribution in [0.5, 0.6) is 0 Å². The summed E-state index contributed by atoms with van der Waals surface area (Å²) in [5.74, 6) is 1.30. The number of rotatable bonds is 7. The number of carbonyl (C=O) groups is 1. The maximum absolute atomic E-state index is 12.2. The maximum Gasteiger partial charge on any atom is 0.335 e. The smallest absolute Gasteiger partial charge is 0.335 e. The summed E-state index contributed by atoms with van der Waals surface area (Å²) in [6.45, 7) is 0. The van der Waals surface area contributed by atoms with Gasteiger partial charge >= 0.3 is 5.97 Å². The molecule has 4 nitrogen and oxygen atoms in total. The quantitative estimate of drug-likeness (QED) is 0.779. The van der Waals surface area contributed by atoms with E-state index < -0.39 is 15.8 Å². The van der Waals surface area contributed by atoms with Gasteiger partial charge in [-0.1, -0.05) is 18.9 Å². The maximum atomic E-state index is 12.2. The lowest BCUT2D eigenvalue weighted by Gasteiger charge is -2.09. The summed E-state index contributed by atoms with van der Waals surface area (Å²) in [6, 6.07) is 5.57. The Labute approximate surface area is 129 Å². The molecule has 0 bridgehead atoms. The van der Waals surface area contributed by atoms with Gasteiger partial charge in [0.1, 0.15) is 0 Å². The Balaban J connectivity index is 1.88. The van der Waals surface area contributed by atoms with Crippen molar-refractivity contribution in [2.75, 3.05) is 17.3 Å². The summed E-state index contributed by atoms with van der Waals surface area (Å²) in [7, 11) is -3.40. The van der Waals surface area contributed by atoms with Crippen LogP contribution in [0.25, 0.3) is 0 Å². The van der Waals surface area contributed by atoms with Crippen LogP contribution < -0.4 is 0 Å². The fourth-order valence-electron chi connectivity index (χ4n) is 2.54. The van der Waals surface area contributed by atoms with Crippen LogP contribution in [0.3, 0.4) is 0 Å². The first-order valence-corrected chi connectivity index (χ1v) is 9.93. The highest BCUT2D eigenvalue weighted by Crippen LogP contribution is 2.28. The molecule has 1 aliphatic carbocycles. The molecule has 1 aromatic rings. The van der Waals surface area contributed by atoms with E-state index in [0.29, 0.717) is 5.75 Å². The zero-order chi connectivity index (χ0) is 15.3. The van der Waals surface area contributed by atoms with Gasteiger partial charge in [0, 0.05) is 5.75 Å². The number of sulfone groups is 1. The Kier molecular flexibility index (Phi) is 5.70. The number of hydrogen-bond acceptors (Lipinski definition) is 4. The van der Waals surface area contributed by atoms with Crippen molar-refractivity contribution < 1.29 is 18.3 Å². The number of benzene rings is 1. The predicted molar refractivity (Wildman–Crippen MR) is 84.7 cm³/mol. The fraction of sp³-hybridized carbons (Fsp3) is 0.533. The Morgan fingerprint density at radius 2 is 2.00 bits per heavy atom. The second-order valence-electron chi connectivity index (χ2n) is 5.38. The van der Waals surface area contributed by atoms with E-state index in [-0.39, 0.29) is 16.2 Å². The molecular weight excluding hydrogens is 308 g/mol. The van der Waals surface area contributed by atoms with Crippen LogP contribution >= 0.6 is 11.8 Å². The highest BCUT2D eigenvalue weighted by molar-refractivity contribution is 8.00. The summed E-state index contributed by atoms with van der Waals surface area (Å²) >= 11 is 1.69. The van der Waals surface area contributed by atoms with Crippen LogP contribution in [0.4, 0.5) is 0 Å². The number of carboxylic acid groups (broad SMARTS) is 1. The number of thioether (sulfide) groups is 1. The molecule has 1 N–H and O–H groups in total. The molecule has 1 saturated carbocycles. The molecule has 1 aromatic carbocycles. The standard InChI is InChI=1S/C15H20O4S2/c16-15(17)13-6-3-7-14(10-13)21(18,19)9-8-20-11-12-4-1-2-5-12/h3,6-7,10,12H,1-2,4-5,8-9,11H2,(H,16,17). The third kappa shape index (κ3) is 4.74. The minimum Gasteiger partial charge on any atom is -0.478 e. The number of hydrogen-bond donors (Lipinski definition) is 1. The first-order valence-electron chi connectivity index (χ1n) is 7.13. The minimum absolute atomic E-state index is 0.00897. The molecule has 0 radical (unpaired) electrons. The van der Waals surface area contributed by atoms with Crippen LogP contribution in [0.2, 0.25) is 0 Å². The van der Waals surface area contributed by atoms with Gasteiger partial charge in [-0.3, -0.25) is 0 Å². The van der Waals surface area contributed by atoms with Gasteiger partial charge in [-0.15, -0.1) is 0 Å². The molecule has 21 heavy (non-hydrogen) atoms. The van der Waals surface area contributed by atoms with Gasteiger partial charge in [-0.25, -0.2) is 13.2 Å². The van der Waals surface area contributed by atoms with Gasteiger partial charge in [0.15, 0.2) is 9.84 Å². The largest absolute Gasteiger partial charge is 0.478 e. The Bertz CT molecular complexity index is 589. The first kappa shape index (κ1) is 16.4. The normalized spacial score (nSPS) is 16.2. The van der Waals surface area contributed by atoms with Gasteiger partial charge in [0.05, 0.1) is 16.2 Å². The molecule has 0 saturated heterocycles. The van der Waals surface area contributed by atoms with Crippen LogP contribution in [0.1, 0.15) is 36.0 Å². The molecule has 0 heterocycles. The minimum atomic E-state index is -3.40. The van der Waals surface area contributed by atoms with E-state index in [1.165, 1.54) is 49.9 Å². The average molecular weight is 328 g/mol. The van der Waals surface area contributed by atoms with Crippen molar-refractivity contribution in [2.24, 2.45) is 5.92 Å². The van der Waals surface area contributed by atoms with Crippen molar-refractivity contribution in [3.05, 3.63) is 29.8 Å². The lowest BCUT2D eigenvalue weighted by molar-refractivity contribution is 0.0696. The molecule has 1 fully saturated rings. The van der Waals surface area contributed by atoms with Crippen LogP contribution in [0, 0.1) is 5.92 Å². The Morgan fingerprint density at radius 3 is 2.67 bits per heavy atom. The van der Waals surface area contributed by atoms with E-state index in [1.807, 2.05) is 0 Å². The first-order chi connectivity index (χ1) is 9.99. The second-order valence-corrected chi connectivity index (χ2v) is 8.64. The van der Waals surface area contributed by atoms with Crippen molar-refractivity contribution in [2.45, 2.75) is 30.6 Å². The number of carboxylic acids is 1. The summed E-state index contributed by atoms with van der Waals surface area (Å²) in [5, 5.41) is 8.91. The summed E-state index contributed by atoms with van der Waals surface area (Å²) in [4.78, 5) is 11.0. The molecule has 0 unspecified atom stereocenters. The topological polar surface area (TPSA) is 71.4 Å². The zero-order valence-corrected chi connectivity index (χ0v) is 13.5. The predicted octanol–water partition coefficient (Wildman–Crippen LogP) is 3.08. The lowest BCUT2D eigenvalue weighted by atomic mass is 10.1. The highest BCUT2D eigenvalue weighted by Gasteiger charge is 2.18. The third-order valence-electron chi connectivity index (χ3n) is 3.76.